The fourth-order valence-corrected chi connectivity index (χ4v) is 3.62. The van der Waals surface area contributed by atoms with Gasteiger partial charge in [0.1, 0.15) is 0 Å². The molecule has 0 amide bonds. The maximum Gasteiger partial charge on any atom is 0.330 e. The van der Waals surface area contributed by atoms with Gasteiger partial charge in [-0.3, -0.25) is 4.57 Å². The summed E-state index contributed by atoms with van der Waals surface area (Å²) in [5, 5.41) is 3.38. The zero-order chi connectivity index (χ0) is 11.1. The van der Waals surface area contributed by atoms with E-state index in [9.17, 15) is 4.57 Å². The van der Waals surface area contributed by atoms with E-state index in [0.717, 1.165) is 13.0 Å². The molecule has 1 heterocycles. The van der Waals surface area contributed by atoms with Gasteiger partial charge in [0.05, 0.1) is 19.4 Å². The quantitative estimate of drug-likeness (QED) is 0.688. The SMILES string of the molecule is CCOP(=O)(CCC1CCCN1)OCC. The summed E-state index contributed by atoms with van der Waals surface area (Å²) in [7, 11) is -2.81. The molecule has 0 bridgehead atoms. The molecular weight excluding hydrogens is 213 g/mol. The molecule has 5 heteroatoms. The molecule has 1 rings (SSSR count). The standard InChI is InChI=1S/C10H22NO3P/c1-3-13-15(12,14-4-2)9-7-10-6-5-8-11-10/h10-11H,3-9H2,1-2H3. The predicted octanol–water partition coefficient (Wildman–Crippen LogP) is 2.39. The van der Waals surface area contributed by atoms with Gasteiger partial charge in [-0.25, -0.2) is 0 Å². The molecule has 1 aliphatic rings. The van der Waals surface area contributed by atoms with E-state index in [0.29, 0.717) is 25.4 Å². The molecule has 0 aliphatic carbocycles. The van der Waals surface area contributed by atoms with Gasteiger partial charge in [-0.2, -0.15) is 0 Å². The van der Waals surface area contributed by atoms with Crippen molar-refractivity contribution in [2.45, 2.75) is 39.2 Å². The van der Waals surface area contributed by atoms with Crippen LogP contribution in [-0.2, 0) is 13.6 Å². The first kappa shape index (κ1) is 13.2. The zero-order valence-corrected chi connectivity index (χ0v) is 10.6. The summed E-state index contributed by atoms with van der Waals surface area (Å²) in [6.45, 7) is 5.68. The summed E-state index contributed by atoms with van der Waals surface area (Å²) in [5.41, 5.74) is 0. The van der Waals surface area contributed by atoms with Crippen molar-refractivity contribution in [3.05, 3.63) is 0 Å². The van der Waals surface area contributed by atoms with E-state index in [2.05, 4.69) is 5.32 Å². The Morgan fingerprint density at radius 2 is 2.00 bits per heavy atom. The lowest BCUT2D eigenvalue weighted by molar-refractivity contribution is 0.219. The van der Waals surface area contributed by atoms with Crippen molar-refractivity contribution in [2.24, 2.45) is 0 Å². The topological polar surface area (TPSA) is 47.6 Å². The van der Waals surface area contributed by atoms with E-state index in [1.165, 1.54) is 12.8 Å². The lowest BCUT2D eigenvalue weighted by atomic mass is 10.2. The molecule has 0 radical (unpaired) electrons. The molecule has 1 N–H and O–H groups in total. The van der Waals surface area contributed by atoms with Crippen molar-refractivity contribution in [1.29, 1.82) is 0 Å². The van der Waals surface area contributed by atoms with Crippen LogP contribution in [0.1, 0.15) is 33.1 Å². The maximum atomic E-state index is 12.1. The van der Waals surface area contributed by atoms with E-state index in [1.54, 1.807) is 0 Å². The van der Waals surface area contributed by atoms with Crippen molar-refractivity contribution in [3.8, 4) is 0 Å². The van der Waals surface area contributed by atoms with Crippen LogP contribution in [0.2, 0.25) is 0 Å². The van der Waals surface area contributed by atoms with E-state index in [4.69, 9.17) is 9.05 Å². The summed E-state index contributed by atoms with van der Waals surface area (Å²) < 4.78 is 22.6. The second kappa shape index (κ2) is 6.64. The number of rotatable bonds is 7. The Balaban J connectivity index is 2.32. The van der Waals surface area contributed by atoms with Crippen molar-refractivity contribution < 1.29 is 13.6 Å². The minimum Gasteiger partial charge on any atom is -0.314 e. The molecular formula is C10H22NO3P. The maximum absolute atomic E-state index is 12.1. The second-order valence-electron chi connectivity index (χ2n) is 3.75. The molecule has 0 aromatic rings. The average molecular weight is 235 g/mol. The van der Waals surface area contributed by atoms with Crippen molar-refractivity contribution in [3.63, 3.8) is 0 Å². The van der Waals surface area contributed by atoms with Crippen molar-refractivity contribution in [2.75, 3.05) is 25.9 Å². The summed E-state index contributed by atoms with van der Waals surface area (Å²) in [5.74, 6) is 0. The first-order valence-electron chi connectivity index (χ1n) is 5.81. The fourth-order valence-electron chi connectivity index (χ4n) is 1.88. The summed E-state index contributed by atoms with van der Waals surface area (Å²) in [6.07, 6.45) is 3.82. The highest BCUT2D eigenvalue weighted by Crippen LogP contribution is 2.48. The zero-order valence-electron chi connectivity index (χ0n) is 9.70. The van der Waals surface area contributed by atoms with Gasteiger partial charge in [0.15, 0.2) is 0 Å². The van der Waals surface area contributed by atoms with Crippen LogP contribution in [0.4, 0.5) is 0 Å². The Morgan fingerprint density at radius 3 is 2.47 bits per heavy atom. The molecule has 0 spiro atoms. The molecule has 4 nitrogen and oxygen atoms in total. The third-order valence-electron chi connectivity index (χ3n) is 2.57. The highest BCUT2D eigenvalue weighted by Gasteiger charge is 2.25. The second-order valence-corrected chi connectivity index (χ2v) is 5.94. The monoisotopic (exact) mass is 235 g/mol. The molecule has 0 aromatic heterocycles. The van der Waals surface area contributed by atoms with Crippen molar-refractivity contribution in [1.82, 2.24) is 5.32 Å². The highest BCUT2D eigenvalue weighted by atomic mass is 31.2. The van der Waals surface area contributed by atoms with Gasteiger partial charge in [0, 0.05) is 6.04 Å². The van der Waals surface area contributed by atoms with Crippen LogP contribution in [0, 0.1) is 0 Å². The third kappa shape index (κ3) is 4.64. The summed E-state index contributed by atoms with van der Waals surface area (Å²) >= 11 is 0. The number of nitrogens with one attached hydrogen (secondary N) is 1. The Hall–Kier alpha value is 0.110. The van der Waals surface area contributed by atoms with E-state index in [-0.39, 0.29) is 0 Å². The van der Waals surface area contributed by atoms with Crippen LogP contribution < -0.4 is 5.32 Å². The lowest BCUT2D eigenvalue weighted by Crippen LogP contribution is -2.22. The van der Waals surface area contributed by atoms with Crippen LogP contribution in [0.25, 0.3) is 0 Å². The van der Waals surface area contributed by atoms with Gasteiger partial charge in [-0.15, -0.1) is 0 Å². The van der Waals surface area contributed by atoms with Gasteiger partial charge in [0.2, 0.25) is 0 Å². The Labute approximate surface area is 92.3 Å². The molecule has 90 valence electrons. The largest absolute Gasteiger partial charge is 0.330 e. The van der Waals surface area contributed by atoms with E-state index >= 15 is 0 Å². The smallest absolute Gasteiger partial charge is 0.314 e. The lowest BCUT2D eigenvalue weighted by Gasteiger charge is -2.18. The third-order valence-corrected chi connectivity index (χ3v) is 4.67. The van der Waals surface area contributed by atoms with Gasteiger partial charge >= 0.3 is 7.60 Å². The van der Waals surface area contributed by atoms with E-state index < -0.39 is 7.60 Å². The predicted molar refractivity (Wildman–Crippen MR) is 61.4 cm³/mol. The van der Waals surface area contributed by atoms with Gasteiger partial charge < -0.3 is 14.4 Å². The first-order valence-corrected chi connectivity index (χ1v) is 7.54. The first-order chi connectivity index (χ1) is 7.20. The Kier molecular flexibility index (Phi) is 5.83. The van der Waals surface area contributed by atoms with Crippen LogP contribution in [0.5, 0.6) is 0 Å². The van der Waals surface area contributed by atoms with Crippen molar-refractivity contribution >= 4 is 7.60 Å². The minimum atomic E-state index is -2.81. The molecule has 1 fully saturated rings. The molecule has 0 aromatic carbocycles. The summed E-state index contributed by atoms with van der Waals surface area (Å²) in [4.78, 5) is 0. The minimum absolute atomic E-state index is 0.454. The van der Waals surface area contributed by atoms with Gasteiger partial charge in [-0.1, -0.05) is 0 Å². The molecule has 1 atom stereocenters. The molecule has 0 saturated carbocycles. The normalized spacial score (nSPS) is 22.1. The van der Waals surface area contributed by atoms with Crippen LogP contribution in [0.15, 0.2) is 0 Å². The van der Waals surface area contributed by atoms with Crippen LogP contribution in [0.3, 0.4) is 0 Å². The molecule has 1 aliphatic heterocycles. The number of hydrogen-bond acceptors (Lipinski definition) is 4. The van der Waals surface area contributed by atoms with Crippen LogP contribution in [-0.4, -0.2) is 32.0 Å². The number of hydrogen-bond donors (Lipinski definition) is 1. The Bertz CT molecular complexity index is 207. The molecule has 1 unspecified atom stereocenters. The Morgan fingerprint density at radius 1 is 1.33 bits per heavy atom. The average Bonchev–Trinajstić information content (AvgIpc) is 2.68. The highest BCUT2D eigenvalue weighted by molar-refractivity contribution is 7.53. The van der Waals surface area contributed by atoms with Gasteiger partial charge in [-0.05, 0) is 39.7 Å². The van der Waals surface area contributed by atoms with Crippen LogP contribution >= 0.6 is 7.60 Å². The van der Waals surface area contributed by atoms with E-state index in [1.807, 2.05) is 13.8 Å². The molecule has 1 saturated heterocycles. The van der Waals surface area contributed by atoms with Gasteiger partial charge in [0.25, 0.3) is 0 Å². The summed E-state index contributed by atoms with van der Waals surface area (Å²) in [6, 6.07) is 0.499. The fraction of sp³-hybridized carbons (Fsp3) is 1.00. The molecule has 15 heavy (non-hydrogen) atoms.